The van der Waals surface area contributed by atoms with Gasteiger partial charge in [-0.15, -0.1) is 0 Å². The van der Waals surface area contributed by atoms with Gasteiger partial charge in [-0.1, -0.05) is 91.0 Å². The molecule has 3 nitrogen and oxygen atoms in total. The number of ether oxygens (including phenoxy) is 1. The largest absolute Gasteiger partial charge is 0.372 e. The fourth-order valence-electron chi connectivity index (χ4n) is 5.36. The first-order valence-corrected chi connectivity index (χ1v) is 12.1. The third-order valence-corrected chi connectivity index (χ3v) is 7.13. The highest BCUT2D eigenvalue weighted by Gasteiger charge is 2.41. The van der Waals surface area contributed by atoms with Gasteiger partial charge in [-0.2, -0.15) is 0 Å². The molecule has 0 radical (unpaired) electrons. The van der Waals surface area contributed by atoms with Crippen molar-refractivity contribution in [3.8, 4) is 0 Å². The molecule has 0 N–H and O–H groups in total. The topological polar surface area (TPSA) is 15.7 Å². The molecule has 0 saturated carbocycles. The summed E-state index contributed by atoms with van der Waals surface area (Å²) in [6, 6.07) is 33.5. The summed E-state index contributed by atoms with van der Waals surface area (Å²) < 4.78 is 6.59. The normalized spacial score (nSPS) is 23.8. The van der Waals surface area contributed by atoms with Crippen LogP contribution in [0.5, 0.6) is 0 Å². The van der Waals surface area contributed by atoms with Crippen molar-refractivity contribution in [1.29, 1.82) is 0 Å². The third kappa shape index (κ3) is 5.29. The van der Waals surface area contributed by atoms with Crippen LogP contribution < -0.4 is 0 Å². The van der Waals surface area contributed by atoms with Gasteiger partial charge in [0.25, 0.3) is 0 Å². The lowest BCUT2D eigenvalue weighted by molar-refractivity contribution is -0.0468. The summed E-state index contributed by atoms with van der Waals surface area (Å²) >= 11 is 0. The van der Waals surface area contributed by atoms with Gasteiger partial charge in [-0.25, -0.2) is 0 Å². The van der Waals surface area contributed by atoms with Crippen LogP contribution in [0.25, 0.3) is 0 Å². The van der Waals surface area contributed by atoms with Crippen molar-refractivity contribution in [3.63, 3.8) is 0 Å². The molecule has 6 rings (SSSR count). The SMILES string of the molecule is c1ccc(CCN2C[C@@H]3CC[C@@H](OCc4ccccc4)[C@H]2CN3Cc2ccccc2)cc1. The molecule has 3 heterocycles. The van der Waals surface area contributed by atoms with Crippen LogP contribution in [0.1, 0.15) is 29.5 Å². The maximum Gasteiger partial charge on any atom is 0.0747 e. The van der Waals surface area contributed by atoms with Gasteiger partial charge in [0, 0.05) is 38.3 Å². The standard InChI is InChI=1S/C29H34N2O/c1-4-10-24(11-5-1)18-19-30-21-27-16-17-29(32-23-26-14-8-3-9-15-26)28(30)22-31(27)20-25-12-6-2-7-13-25/h1-15,27-29H,16-23H2/t27-,28+,29+/m0/s1. The average molecular weight is 427 g/mol. The molecule has 3 aromatic rings. The van der Waals surface area contributed by atoms with Crippen LogP contribution in [0.15, 0.2) is 91.0 Å². The smallest absolute Gasteiger partial charge is 0.0747 e. The van der Waals surface area contributed by atoms with Crippen LogP contribution >= 0.6 is 0 Å². The Balaban J connectivity index is 1.30. The zero-order valence-electron chi connectivity index (χ0n) is 18.9. The molecule has 3 heteroatoms. The minimum absolute atomic E-state index is 0.289. The molecule has 3 saturated heterocycles. The predicted octanol–water partition coefficient (Wildman–Crippen LogP) is 5.16. The van der Waals surface area contributed by atoms with Crippen LogP contribution in [0.4, 0.5) is 0 Å². The van der Waals surface area contributed by atoms with E-state index in [1.165, 1.54) is 23.1 Å². The zero-order chi connectivity index (χ0) is 21.6. The number of hydrogen-bond donors (Lipinski definition) is 0. The van der Waals surface area contributed by atoms with E-state index in [-0.39, 0.29) is 6.10 Å². The highest BCUT2D eigenvalue weighted by atomic mass is 16.5. The zero-order valence-corrected chi connectivity index (χ0v) is 18.9. The molecular formula is C29H34N2O. The molecule has 32 heavy (non-hydrogen) atoms. The van der Waals surface area contributed by atoms with E-state index < -0.39 is 0 Å². The lowest BCUT2D eigenvalue weighted by Gasteiger charge is -2.45. The van der Waals surface area contributed by atoms with Gasteiger partial charge in [0.1, 0.15) is 0 Å². The van der Waals surface area contributed by atoms with Crippen molar-refractivity contribution in [2.24, 2.45) is 0 Å². The van der Waals surface area contributed by atoms with Crippen LogP contribution in [0.3, 0.4) is 0 Å². The van der Waals surface area contributed by atoms with E-state index >= 15 is 0 Å². The molecule has 0 aromatic heterocycles. The lowest BCUT2D eigenvalue weighted by atomic mass is 10.0. The maximum atomic E-state index is 6.59. The summed E-state index contributed by atoms with van der Waals surface area (Å²) in [4.78, 5) is 5.44. The molecule has 3 aromatic carbocycles. The van der Waals surface area contributed by atoms with E-state index in [0.29, 0.717) is 18.7 Å². The first-order valence-electron chi connectivity index (χ1n) is 12.1. The summed E-state index contributed by atoms with van der Waals surface area (Å²) in [5.74, 6) is 0. The summed E-state index contributed by atoms with van der Waals surface area (Å²) in [6.07, 6.45) is 3.76. The monoisotopic (exact) mass is 426 g/mol. The Bertz CT molecular complexity index is 901. The molecular weight excluding hydrogens is 392 g/mol. The summed E-state index contributed by atoms with van der Waals surface area (Å²) in [5, 5.41) is 0. The molecule has 3 aliphatic heterocycles. The third-order valence-electron chi connectivity index (χ3n) is 7.13. The molecule has 166 valence electrons. The highest BCUT2D eigenvalue weighted by molar-refractivity contribution is 5.17. The highest BCUT2D eigenvalue weighted by Crippen LogP contribution is 2.31. The average Bonchev–Trinajstić information content (AvgIpc) is 3.12. The van der Waals surface area contributed by atoms with Gasteiger partial charge < -0.3 is 4.74 Å². The fourth-order valence-corrected chi connectivity index (χ4v) is 5.36. The van der Waals surface area contributed by atoms with Crippen molar-refractivity contribution >= 4 is 0 Å². The van der Waals surface area contributed by atoms with Gasteiger partial charge in [-0.05, 0) is 36.0 Å². The molecule has 3 atom stereocenters. The minimum Gasteiger partial charge on any atom is -0.372 e. The number of fused-ring (bicyclic) bond motifs is 4. The van der Waals surface area contributed by atoms with Crippen molar-refractivity contribution in [3.05, 3.63) is 108 Å². The fraction of sp³-hybridized carbons (Fsp3) is 0.379. The van der Waals surface area contributed by atoms with Crippen molar-refractivity contribution < 1.29 is 4.74 Å². The van der Waals surface area contributed by atoms with Crippen molar-refractivity contribution in [2.45, 2.75) is 50.6 Å². The summed E-state index contributed by atoms with van der Waals surface area (Å²) in [6.45, 7) is 5.09. The number of hydrogen-bond acceptors (Lipinski definition) is 3. The second-order valence-corrected chi connectivity index (χ2v) is 9.28. The van der Waals surface area contributed by atoms with Crippen LogP contribution in [0.2, 0.25) is 0 Å². The lowest BCUT2D eigenvalue weighted by Crippen LogP contribution is -2.59. The molecule has 2 bridgehead atoms. The first kappa shape index (κ1) is 21.4. The quantitative estimate of drug-likeness (QED) is 0.495. The van der Waals surface area contributed by atoms with Crippen molar-refractivity contribution in [1.82, 2.24) is 9.80 Å². The van der Waals surface area contributed by atoms with E-state index in [9.17, 15) is 0 Å². The predicted molar refractivity (Wildman–Crippen MR) is 130 cm³/mol. The second-order valence-electron chi connectivity index (χ2n) is 9.28. The minimum atomic E-state index is 0.289. The number of piperazine rings is 1. The van der Waals surface area contributed by atoms with Crippen LogP contribution in [-0.4, -0.2) is 47.6 Å². The van der Waals surface area contributed by atoms with Gasteiger partial charge in [0.15, 0.2) is 0 Å². The molecule has 3 aliphatic rings. The Labute approximate surface area is 192 Å². The number of nitrogens with zero attached hydrogens (tertiary/aromatic N) is 2. The van der Waals surface area contributed by atoms with Gasteiger partial charge in [-0.3, -0.25) is 9.80 Å². The van der Waals surface area contributed by atoms with Gasteiger partial charge in [0.2, 0.25) is 0 Å². The molecule has 3 fully saturated rings. The van der Waals surface area contributed by atoms with Crippen LogP contribution in [0, 0.1) is 0 Å². The van der Waals surface area contributed by atoms with E-state index in [4.69, 9.17) is 4.74 Å². The van der Waals surface area contributed by atoms with Gasteiger partial charge >= 0.3 is 0 Å². The Morgan fingerprint density at radius 3 is 1.97 bits per heavy atom. The first-order chi connectivity index (χ1) is 15.8. The Kier molecular flexibility index (Phi) is 6.98. The molecule has 0 amide bonds. The number of rotatable bonds is 8. The Hall–Kier alpha value is -2.46. The Morgan fingerprint density at radius 2 is 1.28 bits per heavy atom. The molecule has 0 aliphatic carbocycles. The summed E-state index contributed by atoms with van der Waals surface area (Å²) in [7, 11) is 0. The van der Waals surface area contributed by atoms with E-state index in [1.807, 2.05) is 0 Å². The molecule has 0 spiro atoms. The number of benzene rings is 3. The van der Waals surface area contributed by atoms with E-state index in [2.05, 4.69) is 101 Å². The maximum absolute atomic E-state index is 6.59. The van der Waals surface area contributed by atoms with Crippen LogP contribution in [-0.2, 0) is 24.3 Å². The van der Waals surface area contributed by atoms with E-state index in [1.54, 1.807) is 0 Å². The second kappa shape index (κ2) is 10.4. The van der Waals surface area contributed by atoms with Crippen molar-refractivity contribution in [2.75, 3.05) is 19.6 Å². The molecule has 0 unspecified atom stereocenters. The summed E-state index contributed by atoms with van der Waals surface area (Å²) in [5.41, 5.74) is 4.11. The Morgan fingerprint density at radius 1 is 0.656 bits per heavy atom. The van der Waals surface area contributed by atoms with E-state index in [0.717, 1.165) is 39.0 Å². The van der Waals surface area contributed by atoms with Gasteiger partial charge in [0.05, 0.1) is 12.7 Å².